The predicted molar refractivity (Wildman–Crippen MR) is 85.6 cm³/mol. The van der Waals surface area contributed by atoms with Gasteiger partial charge in [0.15, 0.2) is 0 Å². The van der Waals surface area contributed by atoms with Crippen LogP contribution in [0.25, 0.3) is 0 Å². The summed E-state index contributed by atoms with van der Waals surface area (Å²) in [5.41, 5.74) is -0.0118. The van der Waals surface area contributed by atoms with E-state index in [1.165, 1.54) is 0 Å². The highest BCUT2D eigenvalue weighted by Gasteiger charge is 2.32. The number of rotatable bonds is 5. The van der Waals surface area contributed by atoms with Crippen molar-refractivity contribution in [2.75, 3.05) is 19.6 Å². The van der Waals surface area contributed by atoms with Crippen LogP contribution in [0.3, 0.4) is 0 Å². The Balaban J connectivity index is 1.75. The van der Waals surface area contributed by atoms with E-state index in [0.29, 0.717) is 19.5 Å². The van der Waals surface area contributed by atoms with Crippen molar-refractivity contribution in [2.45, 2.75) is 32.5 Å². The molecule has 0 aliphatic carbocycles. The highest BCUT2D eigenvalue weighted by molar-refractivity contribution is 5.80. The SMILES string of the molecule is CC(C)(O)CNC(=O)[C@H]1CCN(C(=O)OCc2ccccc2)C1. The van der Waals surface area contributed by atoms with Crippen molar-refractivity contribution in [1.82, 2.24) is 10.2 Å². The molecule has 1 aliphatic heterocycles. The van der Waals surface area contributed by atoms with E-state index in [-0.39, 0.29) is 25.0 Å². The van der Waals surface area contributed by atoms with Gasteiger partial charge in [-0.3, -0.25) is 4.79 Å². The van der Waals surface area contributed by atoms with E-state index in [1.54, 1.807) is 18.7 Å². The molecule has 1 aromatic rings. The largest absolute Gasteiger partial charge is 0.445 e. The second kappa shape index (κ2) is 7.46. The van der Waals surface area contributed by atoms with E-state index in [0.717, 1.165) is 5.56 Å². The average Bonchev–Trinajstić information content (AvgIpc) is 3.00. The molecule has 0 radical (unpaired) electrons. The van der Waals surface area contributed by atoms with Crippen molar-refractivity contribution in [3.05, 3.63) is 35.9 Å². The maximum Gasteiger partial charge on any atom is 0.410 e. The molecule has 0 aromatic heterocycles. The number of carbonyl (C=O) groups is 2. The summed E-state index contributed by atoms with van der Waals surface area (Å²) in [6.45, 7) is 4.55. The van der Waals surface area contributed by atoms with Crippen molar-refractivity contribution in [3.8, 4) is 0 Å². The Hall–Kier alpha value is -2.08. The van der Waals surface area contributed by atoms with Crippen LogP contribution in [0.2, 0.25) is 0 Å². The summed E-state index contributed by atoms with van der Waals surface area (Å²) in [5.74, 6) is -0.382. The third kappa shape index (κ3) is 5.56. The molecule has 6 nitrogen and oxygen atoms in total. The molecule has 0 saturated carbocycles. The number of hydrogen-bond acceptors (Lipinski definition) is 4. The van der Waals surface area contributed by atoms with E-state index in [4.69, 9.17) is 4.74 Å². The third-order valence-corrected chi connectivity index (χ3v) is 3.72. The first-order valence-electron chi connectivity index (χ1n) is 7.81. The number of hydrogen-bond donors (Lipinski definition) is 2. The van der Waals surface area contributed by atoms with Gasteiger partial charge in [0.2, 0.25) is 5.91 Å². The summed E-state index contributed by atoms with van der Waals surface area (Å²) in [5, 5.41) is 12.3. The molecule has 126 valence electrons. The van der Waals surface area contributed by atoms with Crippen LogP contribution in [0, 0.1) is 5.92 Å². The summed E-state index contributed by atoms with van der Waals surface area (Å²) < 4.78 is 5.27. The fourth-order valence-electron chi connectivity index (χ4n) is 2.40. The van der Waals surface area contributed by atoms with Crippen LogP contribution in [0.5, 0.6) is 0 Å². The Morgan fingerprint density at radius 1 is 1.35 bits per heavy atom. The van der Waals surface area contributed by atoms with Gasteiger partial charge in [-0.05, 0) is 25.8 Å². The molecule has 0 unspecified atom stereocenters. The maximum atomic E-state index is 12.0. The van der Waals surface area contributed by atoms with Crippen LogP contribution in [-0.2, 0) is 16.1 Å². The molecular formula is C17H24N2O4. The number of likely N-dealkylation sites (tertiary alicyclic amines) is 1. The molecule has 0 bridgehead atoms. The number of amides is 2. The van der Waals surface area contributed by atoms with Crippen LogP contribution in [0.15, 0.2) is 30.3 Å². The highest BCUT2D eigenvalue weighted by atomic mass is 16.6. The number of ether oxygens (including phenoxy) is 1. The van der Waals surface area contributed by atoms with Gasteiger partial charge >= 0.3 is 6.09 Å². The molecule has 0 spiro atoms. The van der Waals surface area contributed by atoms with Gasteiger partial charge in [-0.25, -0.2) is 4.79 Å². The highest BCUT2D eigenvalue weighted by Crippen LogP contribution is 2.18. The topological polar surface area (TPSA) is 78.9 Å². The van der Waals surface area contributed by atoms with Gasteiger partial charge in [-0.15, -0.1) is 0 Å². The monoisotopic (exact) mass is 320 g/mol. The van der Waals surface area contributed by atoms with Crippen LogP contribution in [0.1, 0.15) is 25.8 Å². The number of carbonyl (C=O) groups excluding carboxylic acids is 2. The minimum absolute atomic E-state index is 0.134. The lowest BCUT2D eigenvalue weighted by atomic mass is 10.1. The Morgan fingerprint density at radius 2 is 2.04 bits per heavy atom. The smallest absolute Gasteiger partial charge is 0.410 e. The van der Waals surface area contributed by atoms with Crippen LogP contribution in [-0.4, -0.2) is 47.2 Å². The molecule has 1 fully saturated rings. The molecule has 1 heterocycles. The lowest BCUT2D eigenvalue weighted by molar-refractivity contribution is -0.125. The molecule has 23 heavy (non-hydrogen) atoms. The lowest BCUT2D eigenvalue weighted by Gasteiger charge is -2.20. The van der Waals surface area contributed by atoms with Crippen molar-refractivity contribution >= 4 is 12.0 Å². The molecule has 1 saturated heterocycles. The minimum atomic E-state index is -0.942. The van der Waals surface area contributed by atoms with E-state index >= 15 is 0 Å². The van der Waals surface area contributed by atoms with Crippen molar-refractivity contribution in [1.29, 1.82) is 0 Å². The summed E-state index contributed by atoms with van der Waals surface area (Å²) >= 11 is 0. The maximum absolute atomic E-state index is 12.0. The van der Waals surface area contributed by atoms with Crippen LogP contribution < -0.4 is 5.32 Å². The normalized spacial score (nSPS) is 17.9. The summed E-state index contributed by atoms with van der Waals surface area (Å²) in [6, 6.07) is 9.47. The molecular weight excluding hydrogens is 296 g/mol. The fourth-order valence-corrected chi connectivity index (χ4v) is 2.40. The summed E-state index contributed by atoms with van der Waals surface area (Å²) in [7, 11) is 0. The zero-order valence-corrected chi connectivity index (χ0v) is 13.6. The van der Waals surface area contributed by atoms with E-state index in [2.05, 4.69) is 5.32 Å². The molecule has 1 aromatic carbocycles. The number of benzene rings is 1. The number of nitrogens with one attached hydrogen (secondary N) is 1. The Morgan fingerprint density at radius 3 is 2.70 bits per heavy atom. The second-order valence-corrected chi connectivity index (χ2v) is 6.50. The van der Waals surface area contributed by atoms with Gasteiger partial charge in [0.1, 0.15) is 6.61 Å². The first-order valence-corrected chi connectivity index (χ1v) is 7.81. The van der Waals surface area contributed by atoms with E-state index in [9.17, 15) is 14.7 Å². The van der Waals surface area contributed by atoms with Crippen molar-refractivity contribution in [3.63, 3.8) is 0 Å². The average molecular weight is 320 g/mol. The van der Waals surface area contributed by atoms with Gasteiger partial charge < -0.3 is 20.1 Å². The molecule has 2 rings (SSSR count). The minimum Gasteiger partial charge on any atom is -0.445 e. The van der Waals surface area contributed by atoms with Gasteiger partial charge in [-0.1, -0.05) is 30.3 Å². The molecule has 6 heteroatoms. The summed E-state index contributed by atoms with van der Waals surface area (Å²) in [6.07, 6.45) is 0.213. The second-order valence-electron chi connectivity index (χ2n) is 6.50. The first kappa shape index (κ1) is 17.3. The Kier molecular flexibility index (Phi) is 5.60. The number of aliphatic hydroxyl groups is 1. The quantitative estimate of drug-likeness (QED) is 0.862. The molecule has 1 atom stereocenters. The number of nitrogens with zero attached hydrogens (tertiary/aromatic N) is 1. The predicted octanol–water partition coefficient (Wildman–Crippen LogP) is 1.53. The molecule has 2 amide bonds. The standard InChI is InChI=1S/C17H24N2O4/c1-17(2,22)12-18-15(20)14-8-9-19(10-14)16(21)23-11-13-6-4-3-5-7-13/h3-7,14,22H,8-12H2,1-2H3,(H,18,20)/t14-/m0/s1. The van der Waals surface area contributed by atoms with Gasteiger partial charge in [0.25, 0.3) is 0 Å². The molecule has 1 aliphatic rings. The zero-order valence-electron chi connectivity index (χ0n) is 13.6. The van der Waals surface area contributed by atoms with Gasteiger partial charge in [0.05, 0.1) is 11.5 Å². The third-order valence-electron chi connectivity index (χ3n) is 3.72. The Labute approximate surface area is 136 Å². The van der Waals surface area contributed by atoms with Gasteiger partial charge in [0, 0.05) is 19.6 Å². The van der Waals surface area contributed by atoms with Gasteiger partial charge in [-0.2, -0.15) is 0 Å². The van der Waals surface area contributed by atoms with Crippen LogP contribution in [0.4, 0.5) is 4.79 Å². The van der Waals surface area contributed by atoms with E-state index < -0.39 is 11.7 Å². The van der Waals surface area contributed by atoms with E-state index in [1.807, 2.05) is 30.3 Å². The lowest BCUT2D eigenvalue weighted by Crippen LogP contribution is -2.41. The zero-order chi connectivity index (χ0) is 16.9. The summed E-state index contributed by atoms with van der Waals surface area (Å²) in [4.78, 5) is 25.6. The van der Waals surface area contributed by atoms with Crippen LogP contribution >= 0.6 is 0 Å². The van der Waals surface area contributed by atoms with Crippen molar-refractivity contribution < 1.29 is 19.4 Å². The van der Waals surface area contributed by atoms with Crippen molar-refractivity contribution in [2.24, 2.45) is 5.92 Å². The fraction of sp³-hybridized carbons (Fsp3) is 0.529. The first-order chi connectivity index (χ1) is 10.8. The Bertz CT molecular complexity index is 539. The molecule has 2 N–H and O–H groups in total.